The Morgan fingerprint density at radius 2 is 1.84 bits per heavy atom. The van der Waals surface area contributed by atoms with Crippen molar-refractivity contribution in [2.75, 3.05) is 44.7 Å². The van der Waals surface area contributed by atoms with Crippen LogP contribution in [0.2, 0.25) is 0 Å². The molecule has 3 aliphatic heterocycles. The minimum absolute atomic E-state index is 0.0685. The number of aliphatic hydroxyl groups excluding tert-OH is 1. The van der Waals surface area contributed by atoms with E-state index in [9.17, 15) is 14.7 Å². The summed E-state index contributed by atoms with van der Waals surface area (Å²) in [5.74, 6) is 0.768. The maximum atomic E-state index is 15.2. The zero-order valence-corrected chi connectivity index (χ0v) is 27.5. The standard InChI is InChI=1S/C33H46FN5O5S/c1-21-5-7-26(40)20-30(41)44-32(22(2)6-8-29(21)43-33(42)38-13-11-37(4)12-14-38)23(3)17-24-18-27(34)31-28(19-24)39(36-35-31)25-9-15-45-16-10-25/h6,8,17-19,21-22,25-26,29,32,40H,5,7,9-16,20H2,1-4H3/b8-6+,23-17+/t21-,22-,26+,29-,32-/m0/s1. The van der Waals surface area contributed by atoms with Crippen LogP contribution >= 0.6 is 11.8 Å². The smallest absolute Gasteiger partial charge is 0.410 e. The fourth-order valence-corrected chi connectivity index (χ4v) is 7.36. The minimum Gasteiger partial charge on any atom is -0.457 e. The Labute approximate surface area is 269 Å². The normalized spacial score (nSPS) is 29.1. The Kier molecular flexibility index (Phi) is 11.2. The molecular formula is C33H46FN5O5S. The molecular weight excluding hydrogens is 597 g/mol. The second kappa shape index (κ2) is 15.1. The number of amides is 1. The molecule has 0 saturated carbocycles. The molecule has 246 valence electrons. The van der Waals surface area contributed by atoms with Gasteiger partial charge in [0.25, 0.3) is 0 Å². The number of carbonyl (C=O) groups excluding carboxylic acids is 2. The van der Waals surface area contributed by atoms with E-state index in [1.165, 1.54) is 6.07 Å². The van der Waals surface area contributed by atoms with E-state index in [-0.39, 0.29) is 35.9 Å². The second-order valence-electron chi connectivity index (χ2n) is 12.8. The van der Waals surface area contributed by atoms with Crippen molar-refractivity contribution in [2.45, 2.75) is 77.2 Å². The molecule has 1 aromatic heterocycles. The predicted molar refractivity (Wildman–Crippen MR) is 173 cm³/mol. The molecule has 4 heterocycles. The van der Waals surface area contributed by atoms with E-state index in [1.807, 2.05) is 68.6 Å². The number of rotatable bonds is 4. The highest BCUT2D eigenvalue weighted by Gasteiger charge is 2.29. The zero-order chi connectivity index (χ0) is 32.1. The fraction of sp³-hybridized carbons (Fsp3) is 0.636. The number of fused-ring (bicyclic) bond motifs is 1. The van der Waals surface area contributed by atoms with Crippen LogP contribution in [0.15, 0.2) is 29.9 Å². The van der Waals surface area contributed by atoms with E-state index in [0.717, 1.165) is 43.0 Å². The van der Waals surface area contributed by atoms with Gasteiger partial charge in [-0.3, -0.25) is 4.79 Å². The van der Waals surface area contributed by atoms with Gasteiger partial charge in [0.15, 0.2) is 5.82 Å². The van der Waals surface area contributed by atoms with Crippen molar-refractivity contribution in [2.24, 2.45) is 11.8 Å². The lowest BCUT2D eigenvalue weighted by molar-refractivity contribution is -0.151. The van der Waals surface area contributed by atoms with Gasteiger partial charge in [-0.15, -0.1) is 5.10 Å². The SMILES string of the molecule is C/C(=C\c1cc(F)c2nnn(C3CCSCC3)c2c1)[C@H]1OC(=O)C[C@H](O)CC[C@H](C)[C@@H](OC(=O)N2CCN(C)CC2)/C=C/[C@@H]1C. The maximum Gasteiger partial charge on any atom is 0.410 e. The first-order valence-corrected chi connectivity index (χ1v) is 17.2. The van der Waals surface area contributed by atoms with Gasteiger partial charge in [-0.2, -0.15) is 11.8 Å². The number of halogens is 1. The average molecular weight is 644 g/mol. The highest BCUT2D eigenvalue weighted by Crippen LogP contribution is 2.31. The fourth-order valence-electron chi connectivity index (χ4n) is 6.28. The topological polar surface area (TPSA) is 110 Å². The van der Waals surface area contributed by atoms with Crippen molar-refractivity contribution in [1.29, 1.82) is 0 Å². The lowest BCUT2D eigenvalue weighted by Crippen LogP contribution is -2.48. The first-order valence-electron chi connectivity index (χ1n) is 16.1. The number of hydrogen-bond donors (Lipinski definition) is 1. The quantitative estimate of drug-likeness (QED) is 0.360. The molecule has 45 heavy (non-hydrogen) atoms. The Morgan fingerprint density at radius 1 is 1.11 bits per heavy atom. The summed E-state index contributed by atoms with van der Waals surface area (Å²) in [6.07, 6.45) is 5.97. The molecule has 0 radical (unpaired) electrons. The monoisotopic (exact) mass is 643 g/mol. The van der Waals surface area contributed by atoms with E-state index in [2.05, 4.69) is 15.2 Å². The first-order chi connectivity index (χ1) is 21.6. The van der Waals surface area contributed by atoms with E-state index in [0.29, 0.717) is 37.0 Å². The number of aromatic nitrogens is 3. The number of nitrogens with zero attached hydrogens (tertiary/aromatic N) is 5. The summed E-state index contributed by atoms with van der Waals surface area (Å²) in [6.45, 7) is 8.59. The van der Waals surface area contributed by atoms with Gasteiger partial charge in [0.1, 0.15) is 17.7 Å². The summed E-state index contributed by atoms with van der Waals surface area (Å²) < 4.78 is 29.0. The molecule has 0 spiro atoms. The third-order valence-electron chi connectivity index (χ3n) is 9.19. The largest absolute Gasteiger partial charge is 0.457 e. The van der Waals surface area contributed by atoms with Crippen LogP contribution in [0, 0.1) is 17.7 Å². The second-order valence-corrected chi connectivity index (χ2v) is 14.1. The molecule has 5 atom stereocenters. The zero-order valence-electron chi connectivity index (χ0n) is 26.7. The third-order valence-corrected chi connectivity index (χ3v) is 10.2. The number of hydrogen-bond acceptors (Lipinski definition) is 9. The molecule has 3 aliphatic rings. The molecule has 10 nitrogen and oxygen atoms in total. The number of likely N-dealkylation sites (N-methyl/N-ethyl adjacent to an activating group) is 1. The van der Waals surface area contributed by atoms with Crippen LogP contribution in [0.5, 0.6) is 0 Å². The number of ether oxygens (including phenoxy) is 2. The van der Waals surface area contributed by atoms with Gasteiger partial charge in [-0.05, 0) is 86.4 Å². The van der Waals surface area contributed by atoms with Gasteiger partial charge < -0.3 is 24.4 Å². The van der Waals surface area contributed by atoms with E-state index >= 15 is 4.39 Å². The summed E-state index contributed by atoms with van der Waals surface area (Å²) in [7, 11) is 2.03. The number of piperazine rings is 1. The van der Waals surface area contributed by atoms with Gasteiger partial charge in [-0.25, -0.2) is 13.9 Å². The van der Waals surface area contributed by atoms with Crippen LogP contribution in [-0.4, -0.2) is 105 Å². The highest BCUT2D eigenvalue weighted by atomic mass is 32.2. The summed E-state index contributed by atoms with van der Waals surface area (Å²) in [4.78, 5) is 29.9. The summed E-state index contributed by atoms with van der Waals surface area (Å²) in [5, 5.41) is 19.1. The average Bonchev–Trinajstić information content (AvgIpc) is 3.45. The van der Waals surface area contributed by atoms with Crippen molar-refractivity contribution >= 4 is 40.9 Å². The first kappa shape index (κ1) is 33.4. The Hall–Kier alpha value is -2.96. The summed E-state index contributed by atoms with van der Waals surface area (Å²) >= 11 is 1.91. The van der Waals surface area contributed by atoms with Gasteiger partial charge >= 0.3 is 12.1 Å². The number of carbonyl (C=O) groups is 2. The van der Waals surface area contributed by atoms with Gasteiger partial charge in [-0.1, -0.05) is 31.2 Å². The minimum atomic E-state index is -0.875. The number of thioether (sulfide) groups is 1. The Bertz CT molecular complexity index is 1400. The lowest BCUT2D eigenvalue weighted by atomic mass is 9.91. The van der Waals surface area contributed by atoms with Gasteiger partial charge in [0.05, 0.1) is 24.1 Å². The van der Waals surface area contributed by atoms with Crippen molar-refractivity contribution in [3.05, 3.63) is 41.2 Å². The van der Waals surface area contributed by atoms with Crippen LogP contribution in [0.1, 0.15) is 64.5 Å². The molecule has 0 unspecified atom stereocenters. The maximum absolute atomic E-state index is 15.2. The molecule has 1 aromatic carbocycles. The molecule has 1 amide bonds. The van der Waals surface area contributed by atoms with Gasteiger partial charge in [0, 0.05) is 32.1 Å². The van der Waals surface area contributed by atoms with E-state index in [1.54, 1.807) is 4.90 Å². The number of benzene rings is 1. The summed E-state index contributed by atoms with van der Waals surface area (Å²) in [6, 6.07) is 3.50. The predicted octanol–water partition coefficient (Wildman–Crippen LogP) is 5.08. The molecule has 12 heteroatoms. The Morgan fingerprint density at radius 3 is 2.58 bits per heavy atom. The molecule has 2 saturated heterocycles. The molecule has 2 fully saturated rings. The lowest BCUT2D eigenvalue weighted by Gasteiger charge is -2.33. The van der Waals surface area contributed by atoms with Crippen LogP contribution in [-0.2, 0) is 14.3 Å². The number of aliphatic hydroxyl groups is 1. The molecule has 2 aromatic rings. The van der Waals surface area contributed by atoms with Crippen LogP contribution < -0.4 is 0 Å². The van der Waals surface area contributed by atoms with E-state index < -0.39 is 30.1 Å². The highest BCUT2D eigenvalue weighted by molar-refractivity contribution is 7.99. The van der Waals surface area contributed by atoms with Crippen LogP contribution in [0.4, 0.5) is 9.18 Å². The van der Waals surface area contributed by atoms with Crippen LogP contribution in [0.25, 0.3) is 17.1 Å². The molecule has 0 aliphatic carbocycles. The van der Waals surface area contributed by atoms with Crippen molar-refractivity contribution in [1.82, 2.24) is 24.8 Å². The van der Waals surface area contributed by atoms with Crippen molar-refractivity contribution < 1.29 is 28.6 Å². The Balaban J connectivity index is 1.40. The molecule has 1 N–H and O–H groups in total. The number of esters is 1. The third kappa shape index (κ3) is 8.45. The number of cyclic esters (lactones) is 1. The molecule has 5 rings (SSSR count). The molecule has 0 bridgehead atoms. The van der Waals surface area contributed by atoms with Crippen molar-refractivity contribution in [3.8, 4) is 0 Å². The van der Waals surface area contributed by atoms with E-state index in [4.69, 9.17) is 9.47 Å². The van der Waals surface area contributed by atoms with Crippen LogP contribution in [0.3, 0.4) is 0 Å². The van der Waals surface area contributed by atoms with Gasteiger partial charge in [0.2, 0.25) is 0 Å². The summed E-state index contributed by atoms with van der Waals surface area (Å²) in [5.41, 5.74) is 2.24. The van der Waals surface area contributed by atoms with Crippen molar-refractivity contribution in [3.63, 3.8) is 0 Å².